The number of aliphatic hydroxyl groups excluding tert-OH is 1. The van der Waals surface area contributed by atoms with Gasteiger partial charge in [0.2, 0.25) is 0 Å². The Balaban J connectivity index is 2.18. The third kappa shape index (κ3) is 4.33. The van der Waals surface area contributed by atoms with E-state index in [2.05, 4.69) is 0 Å². The maximum atomic E-state index is 12.7. The van der Waals surface area contributed by atoms with Gasteiger partial charge in [-0.3, -0.25) is 4.79 Å². The lowest BCUT2D eigenvalue weighted by molar-refractivity contribution is 0.0720. The number of hydrogen-bond acceptors (Lipinski definition) is 3. The first-order valence-electron chi connectivity index (χ1n) is 7.77. The van der Waals surface area contributed by atoms with E-state index in [9.17, 15) is 15.0 Å². The van der Waals surface area contributed by atoms with E-state index in [0.29, 0.717) is 24.1 Å². The molecule has 0 radical (unpaired) electrons. The molecule has 0 bridgehead atoms. The zero-order chi connectivity index (χ0) is 16.8. The van der Waals surface area contributed by atoms with Gasteiger partial charge in [0.25, 0.3) is 5.91 Å². The molecular weight excluding hydrogens is 290 g/mol. The Morgan fingerprint density at radius 1 is 1.09 bits per heavy atom. The number of aliphatic hydroxyl groups is 1. The minimum absolute atomic E-state index is 0.0169. The number of benzene rings is 2. The molecule has 122 valence electrons. The Hall–Kier alpha value is -2.33. The molecule has 2 aromatic carbocycles. The van der Waals surface area contributed by atoms with Crippen LogP contribution in [-0.2, 0) is 6.42 Å². The van der Waals surface area contributed by atoms with E-state index >= 15 is 0 Å². The summed E-state index contributed by atoms with van der Waals surface area (Å²) >= 11 is 0. The van der Waals surface area contributed by atoms with Crippen LogP contribution in [0.25, 0.3) is 0 Å². The smallest absolute Gasteiger partial charge is 0.257 e. The van der Waals surface area contributed by atoms with E-state index < -0.39 is 0 Å². The Kier molecular flexibility index (Phi) is 5.77. The van der Waals surface area contributed by atoms with Crippen LogP contribution >= 0.6 is 0 Å². The van der Waals surface area contributed by atoms with E-state index in [1.165, 1.54) is 0 Å². The number of carbonyl (C=O) groups excluding carboxylic acids is 1. The molecule has 0 aliphatic carbocycles. The van der Waals surface area contributed by atoms with Crippen molar-refractivity contribution in [2.24, 2.45) is 0 Å². The Morgan fingerprint density at radius 2 is 1.78 bits per heavy atom. The van der Waals surface area contributed by atoms with E-state index in [-0.39, 0.29) is 24.8 Å². The maximum Gasteiger partial charge on any atom is 0.257 e. The summed E-state index contributed by atoms with van der Waals surface area (Å²) in [7, 11) is 0. The van der Waals surface area contributed by atoms with Gasteiger partial charge in [-0.2, -0.15) is 0 Å². The third-order valence-corrected chi connectivity index (χ3v) is 3.85. The summed E-state index contributed by atoms with van der Waals surface area (Å²) < 4.78 is 0. The lowest BCUT2D eigenvalue weighted by Gasteiger charge is -2.23. The van der Waals surface area contributed by atoms with Crippen molar-refractivity contribution in [3.63, 3.8) is 0 Å². The molecule has 0 aliphatic heterocycles. The van der Waals surface area contributed by atoms with E-state index in [4.69, 9.17) is 0 Å². The van der Waals surface area contributed by atoms with Crippen LogP contribution in [0.3, 0.4) is 0 Å². The molecule has 0 saturated heterocycles. The van der Waals surface area contributed by atoms with E-state index in [1.807, 2.05) is 43.3 Å². The number of phenols is 1. The van der Waals surface area contributed by atoms with Gasteiger partial charge >= 0.3 is 0 Å². The topological polar surface area (TPSA) is 60.8 Å². The van der Waals surface area contributed by atoms with Gasteiger partial charge in [-0.1, -0.05) is 36.4 Å². The minimum Gasteiger partial charge on any atom is -0.507 e. The van der Waals surface area contributed by atoms with Crippen molar-refractivity contribution < 1.29 is 15.0 Å². The summed E-state index contributed by atoms with van der Waals surface area (Å²) in [4.78, 5) is 14.3. The van der Waals surface area contributed by atoms with E-state index in [0.717, 1.165) is 11.1 Å². The van der Waals surface area contributed by atoms with Gasteiger partial charge in [0.15, 0.2) is 0 Å². The van der Waals surface area contributed by atoms with Gasteiger partial charge in [0.1, 0.15) is 5.75 Å². The van der Waals surface area contributed by atoms with Crippen molar-refractivity contribution >= 4 is 5.91 Å². The predicted molar refractivity (Wildman–Crippen MR) is 90.7 cm³/mol. The Labute approximate surface area is 137 Å². The summed E-state index contributed by atoms with van der Waals surface area (Å²) in [6.45, 7) is 4.31. The van der Waals surface area contributed by atoms with Crippen LogP contribution in [0.4, 0.5) is 0 Å². The molecule has 0 fully saturated rings. The first-order chi connectivity index (χ1) is 11.0. The molecule has 2 N–H and O–H groups in total. The van der Waals surface area contributed by atoms with Crippen molar-refractivity contribution in [3.05, 3.63) is 64.7 Å². The van der Waals surface area contributed by atoms with Gasteiger partial charge in [-0.15, -0.1) is 0 Å². The van der Waals surface area contributed by atoms with Crippen LogP contribution in [0.1, 0.15) is 27.0 Å². The highest BCUT2D eigenvalue weighted by Gasteiger charge is 2.20. The fraction of sp³-hybridized carbons (Fsp3) is 0.316. The highest BCUT2D eigenvalue weighted by molar-refractivity contribution is 5.97. The molecule has 0 atom stereocenters. The zero-order valence-electron chi connectivity index (χ0n) is 13.6. The summed E-state index contributed by atoms with van der Waals surface area (Å²) in [6, 6.07) is 13.4. The van der Waals surface area contributed by atoms with Crippen molar-refractivity contribution in [1.82, 2.24) is 4.90 Å². The molecule has 1 amide bonds. The molecule has 0 saturated carbocycles. The van der Waals surface area contributed by atoms with Gasteiger partial charge in [-0.25, -0.2) is 0 Å². The van der Waals surface area contributed by atoms with Crippen molar-refractivity contribution in [1.29, 1.82) is 0 Å². The number of phenolic OH excluding ortho intramolecular Hbond substituents is 1. The summed E-state index contributed by atoms with van der Waals surface area (Å²) in [5, 5.41) is 19.4. The molecule has 0 spiro atoms. The van der Waals surface area contributed by atoms with E-state index in [1.54, 1.807) is 17.9 Å². The number of nitrogens with zero attached hydrogens (tertiary/aromatic N) is 1. The van der Waals surface area contributed by atoms with Crippen molar-refractivity contribution in [3.8, 4) is 5.75 Å². The minimum atomic E-state index is -0.251. The second kappa shape index (κ2) is 7.79. The summed E-state index contributed by atoms with van der Waals surface area (Å²) in [6.07, 6.45) is 0.706. The second-order valence-electron chi connectivity index (χ2n) is 5.73. The first kappa shape index (κ1) is 17.0. The molecule has 4 nitrogen and oxygen atoms in total. The lowest BCUT2D eigenvalue weighted by atomic mass is 10.0. The second-order valence-corrected chi connectivity index (χ2v) is 5.73. The average Bonchev–Trinajstić information content (AvgIpc) is 2.55. The monoisotopic (exact) mass is 313 g/mol. The molecule has 23 heavy (non-hydrogen) atoms. The number of amides is 1. The largest absolute Gasteiger partial charge is 0.507 e. The molecular formula is C19H23NO3. The first-order valence-corrected chi connectivity index (χ1v) is 7.77. The Morgan fingerprint density at radius 3 is 2.43 bits per heavy atom. The fourth-order valence-electron chi connectivity index (χ4n) is 2.64. The highest BCUT2D eigenvalue weighted by atomic mass is 16.3. The normalized spacial score (nSPS) is 10.6. The van der Waals surface area contributed by atoms with Crippen molar-refractivity contribution in [2.75, 3.05) is 19.7 Å². The molecule has 0 aromatic heterocycles. The number of hydrogen-bond donors (Lipinski definition) is 2. The standard InChI is InChI=1S/C19H23NO3/c1-14-12-15(2)18(22)17(13-14)19(23)20(10-11-21)9-8-16-6-4-3-5-7-16/h3-7,12-13,21-22H,8-11H2,1-2H3. The third-order valence-electron chi connectivity index (χ3n) is 3.85. The highest BCUT2D eigenvalue weighted by Crippen LogP contribution is 2.25. The van der Waals surface area contributed by atoms with Gasteiger partial charge in [0.05, 0.1) is 12.2 Å². The SMILES string of the molecule is Cc1cc(C)c(O)c(C(=O)N(CCO)CCc2ccccc2)c1. The average molecular weight is 313 g/mol. The number of carbonyl (C=O) groups is 1. The zero-order valence-corrected chi connectivity index (χ0v) is 13.6. The summed E-state index contributed by atoms with van der Waals surface area (Å²) in [5.74, 6) is -0.234. The van der Waals surface area contributed by atoms with Gasteiger partial charge < -0.3 is 15.1 Å². The molecule has 2 rings (SSSR count). The van der Waals surface area contributed by atoms with Gasteiger partial charge in [-0.05, 0) is 43.0 Å². The maximum absolute atomic E-state index is 12.7. The van der Waals surface area contributed by atoms with Crippen LogP contribution in [0.15, 0.2) is 42.5 Å². The number of aromatic hydroxyl groups is 1. The molecule has 2 aromatic rings. The fourth-order valence-corrected chi connectivity index (χ4v) is 2.64. The van der Waals surface area contributed by atoms with Crippen LogP contribution in [0, 0.1) is 13.8 Å². The molecule has 0 unspecified atom stereocenters. The number of aryl methyl sites for hydroxylation is 2. The van der Waals surface area contributed by atoms with Crippen LogP contribution < -0.4 is 0 Å². The van der Waals surface area contributed by atoms with Crippen LogP contribution in [0.2, 0.25) is 0 Å². The van der Waals surface area contributed by atoms with Crippen LogP contribution in [-0.4, -0.2) is 40.7 Å². The molecule has 0 heterocycles. The molecule has 0 aliphatic rings. The quantitative estimate of drug-likeness (QED) is 0.862. The molecule has 4 heteroatoms. The van der Waals surface area contributed by atoms with Gasteiger partial charge in [0, 0.05) is 13.1 Å². The predicted octanol–water partition coefficient (Wildman–Crippen LogP) is 2.69. The van der Waals surface area contributed by atoms with Crippen LogP contribution in [0.5, 0.6) is 5.75 Å². The lowest BCUT2D eigenvalue weighted by Crippen LogP contribution is -2.35. The number of rotatable bonds is 6. The summed E-state index contributed by atoms with van der Waals surface area (Å²) in [5.41, 5.74) is 3.04. The Bertz CT molecular complexity index is 668. The van der Waals surface area contributed by atoms with Crippen molar-refractivity contribution in [2.45, 2.75) is 20.3 Å².